The van der Waals surface area contributed by atoms with Crippen LogP contribution in [0.2, 0.25) is 0 Å². The van der Waals surface area contributed by atoms with Gasteiger partial charge in [-0.2, -0.15) is 0 Å². The average Bonchev–Trinajstić information content (AvgIpc) is 0. The van der Waals surface area contributed by atoms with E-state index in [1.54, 1.807) is 0 Å². The van der Waals surface area contributed by atoms with Crippen LogP contribution >= 0.6 is 0 Å². The SMILES string of the molecule is [Cl-].[Cl-].[Cl-].[Cl-].[Li+].[Zr+4]. The fraction of sp³-hybridized carbons (Fsp3) is 0. The van der Waals surface area contributed by atoms with Crippen molar-refractivity contribution in [2.24, 2.45) is 0 Å². The van der Waals surface area contributed by atoms with E-state index in [-0.39, 0.29) is 94.7 Å². The summed E-state index contributed by atoms with van der Waals surface area (Å²) in [5.41, 5.74) is 0. The second-order valence-electron chi connectivity index (χ2n) is 0. The predicted molar refractivity (Wildman–Crippen MR) is 0 cm³/mol. The molecule has 32 valence electrons. The molecule has 0 nitrogen and oxygen atoms in total. The number of halogens is 4. The third-order valence-corrected chi connectivity index (χ3v) is 0. The van der Waals surface area contributed by atoms with Gasteiger partial charge in [0.25, 0.3) is 0 Å². The number of hydrogen-bond acceptors (Lipinski definition) is 0. The Bertz CT molecular complexity index is 7.51. The largest absolute Gasteiger partial charge is 4.00 e. The minimum Gasteiger partial charge on any atom is -1.00 e. The summed E-state index contributed by atoms with van der Waals surface area (Å²) in [5.74, 6) is 0. The van der Waals surface area contributed by atoms with Crippen molar-refractivity contribution in [3.63, 3.8) is 0 Å². The van der Waals surface area contributed by atoms with Crippen molar-refractivity contribution in [1.82, 2.24) is 0 Å². The minimum atomic E-state index is 0. The Labute approximate surface area is 93.5 Å². The molecule has 0 spiro atoms. The summed E-state index contributed by atoms with van der Waals surface area (Å²) in [6, 6.07) is 0. The quantitative estimate of drug-likeness (QED) is 0.369. The molecule has 0 rings (SSSR count). The van der Waals surface area contributed by atoms with Crippen molar-refractivity contribution in [2.45, 2.75) is 0 Å². The molecule has 0 bridgehead atoms. The van der Waals surface area contributed by atoms with Gasteiger partial charge in [0.05, 0.1) is 0 Å². The smallest absolute Gasteiger partial charge is 1.00 e. The van der Waals surface area contributed by atoms with E-state index >= 15 is 0 Å². The minimum absolute atomic E-state index is 0. The maximum atomic E-state index is 0. The second kappa shape index (κ2) is 48.3. The van der Waals surface area contributed by atoms with Gasteiger partial charge in [-0.1, -0.05) is 0 Å². The topological polar surface area (TPSA) is 0 Å². The van der Waals surface area contributed by atoms with Crippen molar-refractivity contribution >= 4 is 0 Å². The third-order valence-electron chi connectivity index (χ3n) is 0. The van der Waals surface area contributed by atoms with Crippen molar-refractivity contribution in [1.29, 1.82) is 0 Å². The van der Waals surface area contributed by atoms with Crippen LogP contribution in [-0.2, 0) is 26.2 Å². The predicted octanol–water partition coefficient (Wildman–Crippen LogP) is -15.0. The van der Waals surface area contributed by atoms with E-state index < -0.39 is 0 Å². The van der Waals surface area contributed by atoms with Gasteiger partial charge in [0.15, 0.2) is 0 Å². The molecule has 0 N–H and O–H groups in total. The molecule has 0 aromatic rings. The zero-order valence-electron chi connectivity index (χ0n) is 3.01. The summed E-state index contributed by atoms with van der Waals surface area (Å²) >= 11 is 0. The maximum Gasteiger partial charge on any atom is 4.00 e. The summed E-state index contributed by atoms with van der Waals surface area (Å²) < 4.78 is 0. The molecule has 0 saturated heterocycles. The molecule has 0 aliphatic rings. The van der Waals surface area contributed by atoms with Gasteiger partial charge in [-0.15, -0.1) is 0 Å². The molecule has 0 atom stereocenters. The molecule has 6 heavy (non-hydrogen) atoms. The van der Waals surface area contributed by atoms with Crippen LogP contribution in [0.25, 0.3) is 0 Å². The number of hydrogen-bond donors (Lipinski definition) is 0. The maximum absolute atomic E-state index is 0. The zero-order valence-corrected chi connectivity index (χ0v) is 8.49. The van der Waals surface area contributed by atoms with Crippen molar-refractivity contribution in [2.75, 3.05) is 0 Å². The fourth-order valence-electron chi connectivity index (χ4n) is 0. The number of rotatable bonds is 0. The molecule has 0 heterocycles. The van der Waals surface area contributed by atoms with E-state index in [9.17, 15) is 0 Å². The average molecular weight is 240 g/mol. The van der Waals surface area contributed by atoms with Gasteiger partial charge in [-0.05, 0) is 0 Å². The normalized spacial score (nSPS) is 0. The Hall–Kier alpha value is 2.64. The van der Waals surface area contributed by atoms with Gasteiger partial charge in [0.1, 0.15) is 0 Å². The molecule has 0 aliphatic heterocycles. The molecule has 0 radical (unpaired) electrons. The molecule has 6 heteroatoms. The van der Waals surface area contributed by atoms with E-state index in [0.29, 0.717) is 0 Å². The Kier molecular flexibility index (Phi) is 583. The van der Waals surface area contributed by atoms with E-state index in [1.165, 1.54) is 0 Å². The van der Waals surface area contributed by atoms with Gasteiger partial charge in [-0.3, -0.25) is 0 Å². The van der Waals surface area contributed by atoms with E-state index in [4.69, 9.17) is 0 Å². The molecule has 0 aromatic carbocycles. The standard InChI is InChI=1S/4ClH.Li.Zr/h4*1H;;/q;;;;+1;+4/p-4. The first-order chi connectivity index (χ1) is 0. The Morgan fingerprint density at radius 3 is 0.500 bits per heavy atom. The van der Waals surface area contributed by atoms with Gasteiger partial charge in [-0.25, -0.2) is 0 Å². The molecule has 0 fully saturated rings. The first kappa shape index (κ1) is 72.3. The molecule has 0 aliphatic carbocycles. The Balaban J connectivity index is 0. The molecule has 0 amide bonds. The van der Waals surface area contributed by atoms with Crippen LogP contribution in [0.4, 0.5) is 0 Å². The Morgan fingerprint density at radius 2 is 0.500 bits per heavy atom. The monoisotopic (exact) mass is 237 g/mol. The molecular weight excluding hydrogens is 240 g/mol. The first-order valence-corrected chi connectivity index (χ1v) is 0. The van der Waals surface area contributed by atoms with Gasteiger partial charge < -0.3 is 49.6 Å². The summed E-state index contributed by atoms with van der Waals surface area (Å²) in [7, 11) is 0. The fourth-order valence-corrected chi connectivity index (χ4v) is 0. The van der Waals surface area contributed by atoms with E-state index in [1.807, 2.05) is 0 Å². The van der Waals surface area contributed by atoms with Crippen LogP contribution in [0, 0.1) is 0 Å². The molecule has 0 aromatic heterocycles. The van der Waals surface area contributed by atoms with Crippen molar-refractivity contribution in [3.05, 3.63) is 0 Å². The van der Waals surface area contributed by atoms with Gasteiger partial charge in [0, 0.05) is 0 Å². The van der Waals surface area contributed by atoms with E-state index in [2.05, 4.69) is 0 Å². The summed E-state index contributed by atoms with van der Waals surface area (Å²) in [6.45, 7) is 0. The summed E-state index contributed by atoms with van der Waals surface area (Å²) in [5, 5.41) is 0. The molecular formula is Cl4LiZr+. The molecule has 0 unspecified atom stereocenters. The van der Waals surface area contributed by atoms with Crippen LogP contribution in [0.5, 0.6) is 0 Å². The van der Waals surface area contributed by atoms with Crippen LogP contribution < -0.4 is 68.5 Å². The van der Waals surface area contributed by atoms with Crippen molar-refractivity contribution < 1.29 is 94.7 Å². The van der Waals surface area contributed by atoms with Gasteiger partial charge >= 0.3 is 45.1 Å². The van der Waals surface area contributed by atoms with Crippen LogP contribution in [0.3, 0.4) is 0 Å². The van der Waals surface area contributed by atoms with Crippen LogP contribution in [0.1, 0.15) is 0 Å². The molecule has 0 saturated carbocycles. The van der Waals surface area contributed by atoms with E-state index in [0.717, 1.165) is 0 Å². The van der Waals surface area contributed by atoms with Crippen LogP contribution in [-0.4, -0.2) is 0 Å². The first-order valence-electron chi connectivity index (χ1n) is 0. The Morgan fingerprint density at radius 1 is 0.500 bits per heavy atom. The third kappa shape index (κ3) is 30.3. The summed E-state index contributed by atoms with van der Waals surface area (Å²) in [6.07, 6.45) is 0. The summed E-state index contributed by atoms with van der Waals surface area (Å²) in [4.78, 5) is 0. The zero-order chi connectivity index (χ0) is 0. The van der Waals surface area contributed by atoms with Crippen molar-refractivity contribution in [3.8, 4) is 0 Å². The van der Waals surface area contributed by atoms with Gasteiger partial charge in [0.2, 0.25) is 0 Å². The van der Waals surface area contributed by atoms with Crippen LogP contribution in [0.15, 0.2) is 0 Å². The second-order valence-corrected chi connectivity index (χ2v) is 0.